The van der Waals surface area contributed by atoms with E-state index in [0.717, 1.165) is 0 Å². The highest BCUT2D eigenvalue weighted by atomic mass is 32.2. The van der Waals surface area contributed by atoms with Crippen LogP contribution in [0.15, 0.2) is 22.7 Å². The van der Waals surface area contributed by atoms with Gasteiger partial charge in [0.2, 0.25) is 0 Å². The van der Waals surface area contributed by atoms with Gasteiger partial charge in [0, 0.05) is 6.04 Å². The van der Waals surface area contributed by atoms with Crippen LogP contribution in [0.3, 0.4) is 0 Å². The van der Waals surface area contributed by atoms with Crippen molar-refractivity contribution in [2.24, 2.45) is 10.9 Å². The van der Waals surface area contributed by atoms with Gasteiger partial charge in [0.1, 0.15) is 12.6 Å². The van der Waals surface area contributed by atoms with Crippen LogP contribution < -0.4 is 11.1 Å². The summed E-state index contributed by atoms with van der Waals surface area (Å²) in [6, 6.07) is 1.31. The molecule has 2 rings (SSSR count). The molecule has 1 aromatic heterocycles. The molecule has 1 fully saturated rings. The van der Waals surface area contributed by atoms with Gasteiger partial charge in [0.25, 0.3) is 11.8 Å². The Labute approximate surface area is 154 Å². The fourth-order valence-corrected chi connectivity index (χ4v) is 3.86. The summed E-state index contributed by atoms with van der Waals surface area (Å²) in [5.41, 5.74) is 5.58. The van der Waals surface area contributed by atoms with E-state index in [9.17, 15) is 18.0 Å². The van der Waals surface area contributed by atoms with Crippen molar-refractivity contribution in [2.75, 3.05) is 6.61 Å². The maximum absolute atomic E-state index is 12.5. The Morgan fingerprint density at radius 1 is 1.58 bits per heavy atom. The Morgan fingerprint density at radius 3 is 2.77 bits per heavy atom. The van der Waals surface area contributed by atoms with Gasteiger partial charge in [-0.25, -0.2) is 4.31 Å². The molecule has 3 atom stereocenters. The van der Waals surface area contributed by atoms with Crippen LogP contribution in [-0.4, -0.2) is 59.5 Å². The number of hydrogen-bond acceptors (Lipinski definition) is 8. The lowest BCUT2D eigenvalue weighted by Crippen LogP contribution is -2.71. The number of oxime groups is 1. The first kappa shape index (κ1) is 20.3. The molecule has 12 heteroatoms. The first-order valence-electron chi connectivity index (χ1n) is 7.74. The van der Waals surface area contributed by atoms with Crippen molar-refractivity contribution in [3.05, 3.63) is 22.4 Å². The predicted octanol–water partition coefficient (Wildman–Crippen LogP) is -0.276. The number of nitrogens with two attached hydrogens (primary N) is 1. The Morgan fingerprint density at radius 2 is 2.27 bits per heavy atom. The Bertz CT molecular complexity index is 790. The van der Waals surface area contributed by atoms with Crippen molar-refractivity contribution in [2.45, 2.75) is 38.4 Å². The zero-order valence-corrected chi connectivity index (χ0v) is 15.8. The van der Waals surface area contributed by atoms with Crippen LogP contribution >= 0.6 is 11.3 Å². The number of carbonyl (C=O) groups is 2. The lowest BCUT2D eigenvalue weighted by atomic mass is 10.0. The number of thiophene rings is 1. The molecule has 0 bridgehead atoms. The number of rotatable bonds is 8. The van der Waals surface area contributed by atoms with Gasteiger partial charge in [-0.3, -0.25) is 14.1 Å². The summed E-state index contributed by atoms with van der Waals surface area (Å²) < 4.78 is 31.5. The second-order valence-corrected chi connectivity index (χ2v) is 8.06. The molecule has 10 nitrogen and oxygen atoms in total. The first-order valence-corrected chi connectivity index (χ1v) is 10.0. The Kier molecular flexibility index (Phi) is 6.34. The van der Waals surface area contributed by atoms with E-state index in [0.29, 0.717) is 15.6 Å². The monoisotopic (exact) mass is 404 g/mol. The zero-order chi connectivity index (χ0) is 19.5. The summed E-state index contributed by atoms with van der Waals surface area (Å²) >= 11 is 1.26. The van der Waals surface area contributed by atoms with E-state index in [1.165, 1.54) is 18.3 Å². The van der Waals surface area contributed by atoms with E-state index in [1.54, 1.807) is 17.5 Å². The highest BCUT2D eigenvalue weighted by Gasteiger charge is 2.51. The van der Waals surface area contributed by atoms with Crippen LogP contribution in [0.1, 0.15) is 25.1 Å². The van der Waals surface area contributed by atoms with Crippen molar-refractivity contribution < 1.29 is 27.4 Å². The van der Waals surface area contributed by atoms with Gasteiger partial charge in [0.05, 0.1) is 10.9 Å². The molecule has 0 radical (unpaired) electrons. The van der Waals surface area contributed by atoms with Gasteiger partial charge >= 0.3 is 10.3 Å². The molecule has 26 heavy (non-hydrogen) atoms. The number of amides is 2. The molecule has 0 spiro atoms. The van der Waals surface area contributed by atoms with E-state index in [4.69, 9.17) is 15.1 Å². The molecular weight excluding hydrogens is 384 g/mol. The normalized spacial score (nSPS) is 21.9. The van der Waals surface area contributed by atoms with Crippen molar-refractivity contribution in [1.82, 2.24) is 9.62 Å². The minimum atomic E-state index is -4.65. The van der Waals surface area contributed by atoms with Crippen molar-refractivity contribution in [3.63, 3.8) is 0 Å². The van der Waals surface area contributed by atoms with Crippen molar-refractivity contribution in [3.8, 4) is 0 Å². The molecule has 1 aliphatic rings. The first-order chi connectivity index (χ1) is 12.1. The largest absolute Gasteiger partial charge is 0.395 e. The van der Waals surface area contributed by atoms with E-state index < -0.39 is 34.2 Å². The van der Waals surface area contributed by atoms with Crippen LogP contribution in [0, 0.1) is 0 Å². The predicted molar refractivity (Wildman–Crippen MR) is 94.9 cm³/mol. The van der Waals surface area contributed by atoms with Crippen LogP contribution in [0.2, 0.25) is 0 Å². The molecule has 2 heterocycles. The maximum Gasteiger partial charge on any atom is 0.362 e. The van der Waals surface area contributed by atoms with Crippen LogP contribution in [0.4, 0.5) is 0 Å². The molecule has 4 N–H and O–H groups in total. The molecule has 2 unspecified atom stereocenters. The van der Waals surface area contributed by atoms with E-state index in [-0.39, 0.29) is 18.4 Å². The summed E-state index contributed by atoms with van der Waals surface area (Å²) in [5, 5.41) is 8.00. The third-order valence-electron chi connectivity index (χ3n) is 3.66. The lowest BCUT2D eigenvalue weighted by molar-refractivity contribution is -0.143. The molecule has 2 amide bonds. The van der Waals surface area contributed by atoms with E-state index in [1.807, 2.05) is 6.92 Å². The molecule has 0 saturated carbocycles. The topological polar surface area (TPSA) is 151 Å². The quantitative estimate of drug-likeness (QED) is 0.177. The second-order valence-electron chi connectivity index (χ2n) is 5.82. The molecular formula is C14H20N4O6S2. The molecule has 0 aromatic carbocycles. The van der Waals surface area contributed by atoms with Gasteiger partial charge in [-0.2, -0.15) is 8.42 Å². The highest BCUT2D eigenvalue weighted by Crippen LogP contribution is 2.23. The minimum absolute atomic E-state index is 0.0324. The molecule has 1 aliphatic heterocycles. The number of carbonyl (C=O) groups excluding carboxylic acids is 2. The maximum atomic E-state index is 12.5. The lowest BCUT2D eigenvalue weighted by Gasteiger charge is -2.42. The van der Waals surface area contributed by atoms with Crippen LogP contribution in [0.25, 0.3) is 0 Å². The summed E-state index contributed by atoms with van der Waals surface area (Å²) in [4.78, 5) is 30.0. The third-order valence-corrected chi connectivity index (χ3v) is 5.55. The van der Waals surface area contributed by atoms with E-state index >= 15 is 0 Å². The number of hydrogen-bond donors (Lipinski definition) is 3. The number of nitrogens with one attached hydrogen (secondary N) is 1. The number of β-lactam (4-membered cyclic amide) rings is 1. The summed E-state index contributed by atoms with van der Waals surface area (Å²) in [5.74, 6) is -1.61. The van der Waals surface area contributed by atoms with Gasteiger partial charge in [-0.15, -0.1) is 11.3 Å². The van der Waals surface area contributed by atoms with Crippen molar-refractivity contribution >= 4 is 39.2 Å². The zero-order valence-electron chi connectivity index (χ0n) is 14.2. The smallest absolute Gasteiger partial charge is 0.362 e. The SMILES string of the molecule is CC(N)CCO/N=C(/C(=O)NC1C(=O)N(S(=O)(=O)O)[C@H]1C)c1cccs1. The molecule has 144 valence electrons. The van der Waals surface area contributed by atoms with Gasteiger partial charge in [-0.05, 0) is 31.7 Å². The fraction of sp³-hybridized carbons (Fsp3) is 0.500. The van der Waals surface area contributed by atoms with Gasteiger partial charge in [0.15, 0.2) is 5.71 Å². The third kappa shape index (κ3) is 4.58. The highest BCUT2D eigenvalue weighted by molar-refractivity contribution is 7.84. The van der Waals surface area contributed by atoms with Gasteiger partial charge < -0.3 is 15.9 Å². The van der Waals surface area contributed by atoms with E-state index in [2.05, 4.69) is 10.5 Å². The molecule has 0 aliphatic carbocycles. The minimum Gasteiger partial charge on any atom is -0.395 e. The number of nitrogens with zero attached hydrogens (tertiary/aromatic N) is 2. The second kappa shape index (κ2) is 8.12. The van der Waals surface area contributed by atoms with Crippen LogP contribution in [-0.2, 0) is 24.7 Å². The Hall–Kier alpha value is -2.02. The van der Waals surface area contributed by atoms with Crippen molar-refractivity contribution in [1.29, 1.82) is 0 Å². The van der Waals surface area contributed by atoms with Gasteiger partial charge in [-0.1, -0.05) is 11.2 Å². The summed E-state index contributed by atoms with van der Waals surface area (Å²) in [6.45, 7) is 3.42. The fourth-order valence-electron chi connectivity index (χ4n) is 2.27. The average Bonchev–Trinajstić information content (AvgIpc) is 3.05. The molecule has 1 aromatic rings. The summed E-state index contributed by atoms with van der Waals surface area (Å²) in [7, 11) is -4.65. The van der Waals surface area contributed by atoms with Crippen LogP contribution in [0.5, 0.6) is 0 Å². The Balaban J connectivity index is 2.08. The standard InChI is InChI=1S/C14H20N4O6S2/c1-8(15)5-6-24-17-12(10-4-3-7-25-10)13(19)16-11-9(2)18(14(11)20)26(21,22)23/h3-4,7-9,11H,5-6,15H2,1-2H3,(H,16,19)(H,21,22,23)/b17-12+/t8?,9-,11?/m0/s1. The average molecular weight is 404 g/mol. The summed E-state index contributed by atoms with van der Waals surface area (Å²) in [6.07, 6.45) is 0.546. The molecule has 1 saturated heterocycles.